The van der Waals surface area contributed by atoms with E-state index < -0.39 is 5.91 Å². The second kappa shape index (κ2) is 11.8. The average Bonchev–Trinajstić information content (AvgIpc) is 3.33. The number of ether oxygens (including phenoxy) is 4. The van der Waals surface area contributed by atoms with E-state index in [1.165, 1.54) is 20.3 Å². The highest BCUT2D eigenvalue weighted by molar-refractivity contribution is 6.41. The number of carbonyl (C=O) groups excluding carboxylic acids is 1. The van der Waals surface area contributed by atoms with Crippen LogP contribution >= 0.6 is 23.2 Å². The number of halogens is 2. The Bertz CT molecular complexity index is 1390. The van der Waals surface area contributed by atoms with Gasteiger partial charge in [-0.25, -0.2) is 15.0 Å². The number of primary amides is 1. The van der Waals surface area contributed by atoms with Crippen molar-refractivity contribution in [1.82, 2.24) is 15.0 Å². The number of nitrogens with two attached hydrogens (primary N) is 1. The van der Waals surface area contributed by atoms with Gasteiger partial charge in [0.1, 0.15) is 17.0 Å². The number of nitrogens with zero attached hydrogens (tertiary/aromatic N) is 3. The molecule has 0 spiro atoms. The van der Waals surface area contributed by atoms with Crippen LogP contribution in [0.25, 0.3) is 22.2 Å². The first-order valence-corrected chi connectivity index (χ1v) is 13.0. The number of anilines is 2. The van der Waals surface area contributed by atoms with Crippen molar-refractivity contribution in [2.45, 2.75) is 6.04 Å². The molecule has 4 N–H and O–H groups in total. The highest BCUT2D eigenvalue weighted by atomic mass is 35.5. The predicted molar refractivity (Wildman–Crippen MR) is 149 cm³/mol. The highest BCUT2D eigenvalue weighted by Crippen LogP contribution is 2.46. The number of fused-ring (bicyclic) bond motifs is 1. The summed E-state index contributed by atoms with van der Waals surface area (Å²) in [5, 5.41) is 8.07. The first kappa shape index (κ1) is 27.2. The van der Waals surface area contributed by atoms with Crippen molar-refractivity contribution >= 4 is 51.8 Å². The molecule has 0 unspecified atom stereocenters. The molecule has 5 rings (SSSR count). The summed E-state index contributed by atoms with van der Waals surface area (Å²) in [5.41, 5.74) is 6.85. The van der Waals surface area contributed by atoms with Crippen LogP contribution in [-0.2, 0) is 14.3 Å². The van der Waals surface area contributed by atoms with Crippen molar-refractivity contribution in [2.24, 2.45) is 17.6 Å². The van der Waals surface area contributed by atoms with E-state index in [9.17, 15) is 4.79 Å². The van der Waals surface area contributed by atoms with Crippen LogP contribution in [0.2, 0.25) is 10.0 Å². The molecule has 2 aliphatic rings. The molecule has 206 valence electrons. The van der Waals surface area contributed by atoms with E-state index in [4.69, 9.17) is 57.9 Å². The summed E-state index contributed by atoms with van der Waals surface area (Å²) in [6, 6.07) is 3.32. The van der Waals surface area contributed by atoms with Crippen LogP contribution in [0.1, 0.15) is 0 Å². The normalized spacial score (nSPS) is 19.3. The first-order chi connectivity index (χ1) is 18.9. The number of benzene rings is 1. The number of hydrogen-bond donors (Lipinski definition) is 3. The minimum Gasteiger partial charge on any atom is -0.495 e. The molecule has 3 aromatic rings. The molecule has 13 heteroatoms. The van der Waals surface area contributed by atoms with Gasteiger partial charge in [0, 0.05) is 41.6 Å². The summed E-state index contributed by atoms with van der Waals surface area (Å²) < 4.78 is 21.8. The van der Waals surface area contributed by atoms with Gasteiger partial charge >= 0.3 is 0 Å². The summed E-state index contributed by atoms with van der Waals surface area (Å²) in [6.07, 6.45) is 4.79. The zero-order valence-corrected chi connectivity index (χ0v) is 22.9. The molecule has 4 heterocycles. The maximum absolute atomic E-state index is 11.2. The fourth-order valence-electron chi connectivity index (χ4n) is 4.41. The molecule has 0 bridgehead atoms. The number of methoxy groups -OCH3 is 2. The maximum Gasteiger partial charge on any atom is 0.241 e. The van der Waals surface area contributed by atoms with E-state index in [1.807, 2.05) is 6.07 Å². The second-order valence-corrected chi connectivity index (χ2v) is 10.0. The van der Waals surface area contributed by atoms with Gasteiger partial charge in [0.25, 0.3) is 0 Å². The minimum absolute atomic E-state index is 0.0548. The zero-order valence-electron chi connectivity index (χ0n) is 21.4. The molecule has 2 aliphatic heterocycles. The van der Waals surface area contributed by atoms with Crippen molar-refractivity contribution in [3.63, 3.8) is 0 Å². The van der Waals surface area contributed by atoms with Crippen LogP contribution in [0.4, 0.5) is 11.8 Å². The molecule has 0 aliphatic carbocycles. The third kappa shape index (κ3) is 5.81. The third-order valence-corrected chi connectivity index (χ3v) is 7.36. The largest absolute Gasteiger partial charge is 0.495 e. The molecule has 2 saturated heterocycles. The van der Waals surface area contributed by atoms with Crippen LogP contribution in [0.5, 0.6) is 11.5 Å². The number of pyridine rings is 1. The average molecular weight is 575 g/mol. The molecule has 39 heavy (non-hydrogen) atoms. The van der Waals surface area contributed by atoms with Gasteiger partial charge in [-0.15, -0.1) is 0 Å². The standard InChI is InChI=1S/C26H28Cl2N6O5/c1-36-18-6-19(37-2)23(28)21(22(18)27)16-5-15-8-31-26(33-17-12-39-11-14(17)3-4-20(29)35)34-24(15)25(32-16)30-7-13-9-38-10-13/h3-6,8,13-14,17H,7,9-12H2,1-2H3,(H2,29,35)(H,30,32)(H,31,33,34)/t14-,17+/m0/s1. The lowest BCUT2D eigenvalue weighted by atomic mass is 10.0. The summed E-state index contributed by atoms with van der Waals surface area (Å²) >= 11 is 13.4. The van der Waals surface area contributed by atoms with Crippen molar-refractivity contribution < 1.29 is 23.7 Å². The first-order valence-electron chi connectivity index (χ1n) is 12.3. The molecule has 11 nitrogen and oxygen atoms in total. The monoisotopic (exact) mass is 574 g/mol. The van der Waals surface area contributed by atoms with Crippen molar-refractivity contribution in [3.8, 4) is 22.8 Å². The van der Waals surface area contributed by atoms with E-state index in [1.54, 1.807) is 18.3 Å². The molecule has 2 atom stereocenters. The fraction of sp³-hybridized carbons (Fsp3) is 0.385. The summed E-state index contributed by atoms with van der Waals surface area (Å²) in [7, 11) is 3.04. The fourth-order valence-corrected chi connectivity index (χ4v) is 5.10. The topological polar surface area (TPSA) is 143 Å². The lowest BCUT2D eigenvalue weighted by molar-refractivity contribution is -0.113. The Balaban J connectivity index is 1.54. The van der Waals surface area contributed by atoms with E-state index in [-0.39, 0.29) is 12.0 Å². The molecule has 1 aromatic carbocycles. The summed E-state index contributed by atoms with van der Waals surface area (Å²) in [5.74, 6) is 1.56. The van der Waals surface area contributed by atoms with Gasteiger partial charge in [0.15, 0.2) is 5.82 Å². The molecular weight excluding hydrogens is 547 g/mol. The quantitative estimate of drug-likeness (QED) is 0.307. The van der Waals surface area contributed by atoms with Gasteiger partial charge in [-0.2, -0.15) is 0 Å². The number of hydrogen-bond acceptors (Lipinski definition) is 10. The van der Waals surface area contributed by atoms with Gasteiger partial charge in [-0.1, -0.05) is 29.3 Å². The second-order valence-electron chi connectivity index (χ2n) is 9.27. The number of carbonyl (C=O) groups is 1. The van der Waals surface area contributed by atoms with Crippen LogP contribution in [0.15, 0.2) is 30.5 Å². The Hall–Kier alpha value is -3.38. The molecule has 2 fully saturated rings. The van der Waals surface area contributed by atoms with E-state index in [0.717, 1.165) is 5.39 Å². The van der Waals surface area contributed by atoms with E-state index in [2.05, 4.69) is 15.6 Å². The lowest BCUT2D eigenvalue weighted by Gasteiger charge is -2.26. The van der Waals surface area contributed by atoms with E-state index >= 15 is 0 Å². The number of rotatable bonds is 10. The van der Waals surface area contributed by atoms with Crippen LogP contribution < -0.4 is 25.8 Å². The minimum atomic E-state index is -0.508. The van der Waals surface area contributed by atoms with Gasteiger partial charge in [0.05, 0.1) is 62.4 Å². The molecule has 0 saturated carbocycles. The Kier molecular flexibility index (Phi) is 8.22. The maximum atomic E-state index is 11.2. The Morgan fingerprint density at radius 3 is 2.46 bits per heavy atom. The highest BCUT2D eigenvalue weighted by Gasteiger charge is 2.28. The number of amides is 1. The molecular formula is C26H28Cl2N6O5. The smallest absolute Gasteiger partial charge is 0.241 e. The third-order valence-electron chi connectivity index (χ3n) is 6.61. The number of nitrogens with one attached hydrogen (secondary N) is 2. The van der Waals surface area contributed by atoms with Crippen LogP contribution in [0.3, 0.4) is 0 Å². The number of aromatic nitrogens is 3. The Labute approximate surface area is 235 Å². The molecule has 1 amide bonds. The predicted octanol–water partition coefficient (Wildman–Crippen LogP) is 3.54. The van der Waals surface area contributed by atoms with Gasteiger partial charge < -0.3 is 35.3 Å². The summed E-state index contributed by atoms with van der Waals surface area (Å²) in [6.45, 7) is 2.91. The van der Waals surface area contributed by atoms with Crippen molar-refractivity contribution in [2.75, 3.05) is 57.8 Å². The van der Waals surface area contributed by atoms with Gasteiger partial charge in [0.2, 0.25) is 11.9 Å². The Morgan fingerprint density at radius 2 is 1.82 bits per heavy atom. The van der Waals surface area contributed by atoms with Gasteiger partial charge in [-0.3, -0.25) is 4.79 Å². The lowest BCUT2D eigenvalue weighted by Crippen LogP contribution is -2.33. The van der Waals surface area contributed by atoms with Crippen LogP contribution in [-0.4, -0.2) is 74.1 Å². The van der Waals surface area contributed by atoms with Gasteiger partial charge in [-0.05, 0) is 12.1 Å². The summed E-state index contributed by atoms with van der Waals surface area (Å²) in [4.78, 5) is 25.4. The molecule has 2 aromatic heterocycles. The van der Waals surface area contributed by atoms with Crippen LogP contribution in [0, 0.1) is 11.8 Å². The molecule has 0 radical (unpaired) electrons. The van der Waals surface area contributed by atoms with E-state index in [0.29, 0.717) is 89.0 Å². The van der Waals surface area contributed by atoms with Crippen molar-refractivity contribution in [3.05, 3.63) is 40.5 Å². The Morgan fingerprint density at radius 1 is 1.10 bits per heavy atom. The zero-order chi connectivity index (χ0) is 27.5. The van der Waals surface area contributed by atoms with Crippen molar-refractivity contribution in [1.29, 1.82) is 0 Å². The SMILES string of the molecule is COc1cc(OC)c(Cl)c(-c2cc3cnc(N[C@@H]4COC[C@@H]4C=CC(N)=O)nc3c(NCC3COC3)n2)c1Cl.